The van der Waals surface area contributed by atoms with Crippen LogP contribution in [0.4, 0.5) is 5.69 Å². The van der Waals surface area contributed by atoms with Gasteiger partial charge in [0.15, 0.2) is 0 Å². The lowest BCUT2D eigenvalue weighted by Crippen LogP contribution is -2.47. The van der Waals surface area contributed by atoms with Gasteiger partial charge in [-0.1, -0.05) is 25.4 Å². The second kappa shape index (κ2) is 6.46. The zero-order valence-electron chi connectivity index (χ0n) is 12.2. The van der Waals surface area contributed by atoms with Gasteiger partial charge in [0.1, 0.15) is 5.84 Å². The molecule has 0 atom stereocenters. The van der Waals surface area contributed by atoms with Gasteiger partial charge >= 0.3 is 0 Å². The van der Waals surface area contributed by atoms with E-state index in [0.29, 0.717) is 16.5 Å². The molecule has 20 heavy (non-hydrogen) atoms. The molecule has 0 aliphatic carbocycles. The highest BCUT2D eigenvalue weighted by Crippen LogP contribution is 2.27. The van der Waals surface area contributed by atoms with E-state index in [1.807, 2.05) is 12.1 Å². The minimum Gasteiger partial charge on any atom is -0.384 e. The summed E-state index contributed by atoms with van der Waals surface area (Å²) in [6.45, 7) is 9.79. The Bertz CT molecular complexity index is 479. The Hall–Kier alpha value is -1.26. The summed E-state index contributed by atoms with van der Waals surface area (Å²) in [5.74, 6) is 0.764. The van der Waals surface area contributed by atoms with Gasteiger partial charge in [0, 0.05) is 38.3 Å². The van der Waals surface area contributed by atoms with Crippen molar-refractivity contribution in [2.75, 3.05) is 37.6 Å². The quantitative estimate of drug-likeness (QED) is 0.662. The Morgan fingerprint density at radius 3 is 2.45 bits per heavy atom. The van der Waals surface area contributed by atoms with E-state index in [2.05, 4.69) is 23.6 Å². The van der Waals surface area contributed by atoms with Gasteiger partial charge < -0.3 is 10.6 Å². The molecule has 1 aliphatic heterocycles. The Labute approximate surface area is 126 Å². The Kier molecular flexibility index (Phi) is 4.89. The number of anilines is 1. The van der Waals surface area contributed by atoms with E-state index in [-0.39, 0.29) is 5.84 Å². The molecule has 0 bridgehead atoms. The molecule has 4 nitrogen and oxygen atoms in total. The van der Waals surface area contributed by atoms with Crippen molar-refractivity contribution < 1.29 is 0 Å². The SMILES string of the molecule is CC(C)CN1CCN(c2ccc(C(=N)N)cc2Cl)CC1. The van der Waals surface area contributed by atoms with Crippen LogP contribution in [-0.4, -0.2) is 43.5 Å². The first-order valence-electron chi connectivity index (χ1n) is 7.08. The molecular formula is C15H23ClN4. The maximum absolute atomic E-state index is 7.44. The average molecular weight is 295 g/mol. The highest BCUT2D eigenvalue weighted by atomic mass is 35.5. The lowest BCUT2D eigenvalue weighted by Gasteiger charge is -2.37. The van der Waals surface area contributed by atoms with Crippen molar-refractivity contribution in [3.8, 4) is 0 Å². The number of halogens is 1. The van der Waals surface area contributed by atoms with Crippen LogP contribution in [0.15, 0.2) is 18.2 Å². The van der Waals surface area contributed by atoms with Gasteiger partial charge in [-0.15, -0.1) is 0 Å². The van der Waals surface area contributed by atoms with Crippen molar-refractivity contribution in [2.24, 2.45) is 11.7 Å². The molecule has 2 rings (SSSR count). The predicted octanol–water partition coefficient (Wildman–Crippen LogP) is 2.40. The van der Waals surface area contributed by atoms with E-state index in [1.165, 1.54) is 0 Å². The molecule has 1 aliphatic rings. The molecule has 0 radical (unpaired) electrons. The number of hydrogen-bond acceptors (Lipinski definition) is 3. The van der Waals surface area contributed by atoms with Crippen molar-refractivity contribution in [3.05, 3.63) is 28.8 Å². The molecule has 0 spiro atoms. The molecule has 1 saturated heterocycles. The van der Waals surface area contributed by atoms with Crippen molar-refractivity contribution in [1.29, 1.82) is 5.41 Å². The van der Waals surface area contributed by atoms with Crippen LogP contribution >= 0.6 is 11.6 Å². The van der Waals surface area contributed by atoms with Crippen LogP contribution in [0.5, 0.6) is 0 Å². The second-order valence-corrected chi connectivity index (χ2v) is 6.17. The molecule has 3 N–H and O–H groups in total. The van der Waals surface area contributed by atoms with Gasteiger partial charge in [0.25, 0.3) is 0 Å². The minimum atomic E-state index is 0.0557. The summed E-state index contributed by atoms with van der Waals surface area (Å²) in [5, 5.41) is 8.11. The first kappa shape index (κ1) is 15.1. The first-order valence-corrected chi connectivity index (χ1v) is 7.46. The lowest BCUT2D eigenvalue weighted by molar-refractivity contribution is 0.231. The van der Waals surface area contributed by atoms with Crippen molar-refractivity contribution in [1.82, 2.24) is 4.90 Å². The third-order valence-corrected chi connectivity index (χ3v) is 3.90. The summed E-state index contributed by atoms with van der Waals surface area (Å²) in [4.78, 5) is 4.81. The summed E-state index contributed by atoms with van der Waals surface area (Å²) in [5.41, 5.74) is 7.20. The number of nitrogens with one attached hydrogen (secondary N) is 1. The Morgan fingerprint density at radius 2 is 1.95 bits per heavy atom. The summed E-state index contributed by atoms with van der Waals surface area (Å²) in [7, 11) is 0. The van der Waals surface area contributed by atoms with Crippen LogP contribution in [0, 0.1) is 11.3 Å². The van der Waals surface area contributed by atoms with Gasteiger partial charge in [-0.3, -0.25) is 10.3 Å². The Balaban J connectivity index is 2.02. The van der Waals surface area contributed by atoms with Gasteiger partial charge in [-0.2, -0.15) is 0 Å². The molecule has 5 heteroatoms. The van der Waals surface area contributed by atoms with E-state index in [0.717, 1.165) is 38.4 Å². The highest BCUT2D eigenvalue weighted by molar-refractivity contribution is 6.33. The summed E-state index contributed by atoms with van der Waals surface area (Å²) >= 11 is 6.32. The average Bonchev–Trinajstić information content (AvgIpc) is 2.39. The van der Waals surface area contributed by atoms with Gasteiger partial charge in [0.2, 0.25) is 0 Å². The first-order chi connectivity index (χ1) is 9.47. The maximum atomic E-state index is 7.44. The third-order valence-electron chi connectivity index (χ3n) is 3.60. The van der Waals surface area contributed by atoms with Crippen LogP contribution < -0.4 is 10.6 Å². The molecule has 1 aromatic carbocycles. The number of piperazine rings is 1. The zero-order valence-corrected chi connectivity index (χ0v) is 13.0. The number of rotatable bonds is 4. The molecule has 0 saturated carbocycles. The molecular weight excluding hydrogens is 272 g/mol. The van der Waals surface area contributed by atoms with Crippen molar-refractivity contribution in [2.45, 2.75) is 13.8 Å². The monoisotopic (exact) mass is 294 g/mol. The normalized spacial score (nSPS) is 16.7. The van der Waals surface area contributed by atoms with E-state index in [4.69, 9.17) is 22.7 Å². The van der Waals surface area contributed by atoms with E-state index in [9.17, 15) is 0 Å². The van der Waals surface area contributed by atoms with Crippen LogP contribution in [0.3, 0.4) is 0 Å². The fourth-order valence-electron chi connectivity index (χ4n) is 2.62. The summed E-state index contributed by atoms with van der Waals surface area (Å²) in [6.07, 6.45) is 0. The van der Waals surface area contributed by atoms with E-state index < -0.39 is 0 Å². The standard InChI is InChI=1S/C15H23ClN4/c1-11(2)10-19-5-7-20(8-6-19)14-4-3-12(15(17)18)9-13(14)16/h3-4,9,11H,5-8,10H2,1-2H3,(H3,17,18). The highest BCUT2D eigenvalue weighted by Gasteiger charge is 2.19. The van der Waals surface area contributed by atoms with E-state index in [1.54, 1.807) is 6.07 Å². The summed E-state index contributed by atoms with van der Waals surface area (Å²) < 4.78 is 0. The molecule has 1 fully saturated rings. The second-order valence-electron chi connectivity index (χ2n) is 5.76. The Morgan fingerprint density at radius 1 is 1.30 bits per heavy atom. The van der Waals surface area contributed by atoms with Crippen LogP contribution in [0.1, 0.15) is 19.4 Å². The number of benzene rings is 1. The fourth-order valence-corrected chi connectivity index (χ4v) is 2.92. The largest absolute Gasteiger partial charge is 0.384 e. The minimum absolute atomic E-state index is 0.0557. The number of nitrogen functional groups attached to an aromatic ring is 1. The van der Waals surface area contributed by atoms with Crippen LogP contribution in [-0.2, 0) is 0 Å². The van der Waals surface area contributed by atoms with Crippen LogP contribution in [0.25, 0.3) is 0 Å². The van der Waals surface area contributed by atoms with Crippen molar-refractivity contribution >= 4 is 23.1 Å². The third kappa shape index (κ3) is 3.64. The molecule has 0 unspecified atom stereocenters. The molecule has 0 aromatic heterocycles. The zero-order chi connectivity index (χ0) is 14.7. The smallest absolute Gasteiger partial charge is 0.122 e. The van der Waals surface area contributed by atoms with Gasteiger partial charge in [0.05, 0.1) is 10.7 Å². The fraction of sp³-hybridized carbons (Fsp3) is 0.533. The van der Waals surface area contributed by atoms with Gasteiger partial charge in [-0.25, -0.2) is 0 Å². The molecule has 110 valence electrons. The van der Waals surface area contributed by atoms with E-state index >= 15 is 0 Å². The predicted molar refractivity (Wildman–Crippen MR) is 86.0 cm³/mol. The number of nitrogens with zero attached hydrogens (tertiary/aromatic N) is 2. The molecule has 1 aromatic rings. The van der Waals surface area contributed by atoms with Gasteiger partial charge in [-0.05, 0) is 24.1 Å². The number of hydrogen-bond donors (Lipinski definition) is 2. The number of amidine groups is 1. The molecule has 1 heterocycles. The number of nitrogens with two attached hydrogens (primary N) is 1. The summed E-state index contributed by atoms with van der Waals surface area (Å²) in [6, 6.07) is 5.61. The topological polar surface area (TPSA) is 56.4 Å². The van der Waals surface area contributed by atoms with Crippen molar-refractivity contribution in [3.63, 3.8) is 0 Å². The lowest BCUT2D eigenvalue weighted by atomic mass is 10.1. The molecule has 0 amide bonds. The van der Waals surface area contributed by atoms with Crippen LogP contribution in [0.2, 0.25) is 5.02 Å². The maximum Gasteiger partial charge on any atom is 0.122 e.